The minimum Gasteiger partial charge on any atom is -0.494 e. The first-order valence-corrected chi connectivity index (χ1v) is 7.01. The van der Waals surface area contributed by atoms with Crippen LogP contribution in [0.1, 0.15) is 27.2 Å². The lowest BCUT2D eigenvalue weighted by Crippen LogP contribution is -2.46. The van der Waals surface area contributed by atoms with Crippen molar-refractivity contribution in [2.45, 2.75) is 33.2 Å². The molecule has 0 spiro atoms. The third-order valence-electron chi connectivity index (χ3n) is 3.17. The topological polar surface area (TPSA) is 87.7 Å². The van der Waals surface area contributed by atoms with E-state index in [1.165, 1.54) is 0 Å². The standard InChI is InChI=1S/C15H22N2O4/c1-4-10(3)13(14(18)19)17-15(20)16-11-7-6-8-12(9-11)21-5-2/h6-10,13H,4-5H2,1-3H3,(H,18,19)(H2,16,17,20)/t10?,13-/m0/s1. The molecule has 0 aliphatic rings. The van der Waals surface area contributed by atoms with Gasteiger partial charge in [-0.3, -0.25) is 0 Å². The van der Waals surface area contributed by atoms with Gasteiger partial charge in [0.25, 0.3) is 0 Å². The number of rotatable bonds is 7. The molecule has 0 saturated carbocycles. The maximum atomic E-state index is 11.9. The number of ether oxygens (including phenoxy) is 1. The zero-order chi connectivity index (χ0) is 15.8. The van der Waals surface area contributed by atoms with Crippen LogP contribution in [-0.2, 0) is 4.79 Å². The first-order chi connectivity index (χ1) is 9.97. The number of hydrogen-bond acceptors (Lipinski definition) is 3. The third-order valence-corrected chi connectivity index (χ3v) is 3.17. The van der Waals surface area contributed by atoms with E-state index in [-0.39, 0.29) is 5.92 Å². The summed E-state index contributed by atoms with van der Waals surface area (Å²) in [5, 5.41) is 14.2. The Morgan fingerprint density at radius 1 is 1.33 bits per heavy atom. The molecule has 1 aromatic carbocycles. The summed E-state index contributed by atoms with van der Waals surface area (Å²) >= 11 is 0. The van der Waals surface area contributed by atoms with Crippen molar-refractivity contribution in [1.82, 2.24) is 5.32 Å². The molecule has 0 aliphatic carbocycles. The van der Waals surface area contributed by atoms with E-state index < -0.39 is 18.0 Å². The Morgan fingerprint density at radius 2 is 2.05 bits per heavy atom. The first-order valence-electron chi connectivity index (χ1n) is 7.01. The highest BCUT2D eigenvalue weighted by Crippen LogP contribution is 2.17. The van der Waals surface area contributed by atoms with Gasteiger partial charge in [0.2, 0.25) is 0 Å². The lowest BCUT2D eigenvalue weighted by atomic mass is 9.99. The smallest absolute Gasteiger partial charge is 0.326 e. The van der Waals surface area contributed by atoms with Crippen LogP contribution in [0.25, 0.3) is 0 Å². The number of carboxylic acid groups (broad SMARTS) is 1. The second kappa shape index (κ2) is 8.14. The van der Waals surface area contributed by atoms with Gasteiger partial charge in [0, 0.05) is 11.8 Å². The molecule has 0 fully saturated rings. The molecule has 0 bridgehead atoms. The van der Waals surface area contributed by atoms with Crippen molar-refractivity contribution in [1.29, 1.82) is 0 Å². The van der Waals surface area contributed by atoms with Gasteiger partial charge >= 0.3 is 12.0 Å². The summed E-state index contributed by atoms with van der Waals surface area (Å²) < 4.78 is 5.34. The Morgan fingerprint density at radius 3 is 2.62 bits per heavy atom. The molecule has 0 aromatic heterocycles. The molecule has 6 heteroatoms. The van der Waals surface area contributed by atoms with Gasteiger partial charge in [-0.1, -0.05) is 26.3 Å². The van der Waals surface area contributed by atoms with Crippen molar-refractivity contribution < 1.29 is 19.4 Å². The molecule has 0 saturated heterocycles. The van der Waals surface area contributed by atoms with E-state index in [9.17, 15) is 9.59 Å². The molecular weight excluding hydrogens is 272 g/mol. The van der Waals surface area contributed by atoms with Gasteiger partial charge in [-0.05, 0) is 25.0 Å². The fourth-order valence-corrected chi connectivity index (χ4v) is 1.82. The van der Waals surface area contributed by atoms with Gasteiger partial charge in [-0.15, -0.1) is 0 Å². The second-order valence-corrected chi connectivity index (χ2v) is 4.76. The predicted octanol–water partition coefficient (Wildman–Crippen LogP) is 2.71. The number of benzene rings is 1. The van der Waals surface area contributed by atoms with Crippen molar-refractivity contribution in [3.63, 3.8) is 0 Å². The number of carboxylic acids is 1. The van der Waals surface area contributed by atoms with E-state index in [1.807, 2.05) is 13.8 Å². The minimum atomic E-state index is -1.04. The van der Waals surface area contributed by atoms with Gasteiger partial charge in [-0.25, -0.2) is 9.59 Å². The van der Waals surface area contributed by atoms with Crippen molar-refractivity contribution in [3.8, 4) is 5.75 Å². The Labute approximate surface area is 124 Å². The van der Waals surface area contributed by atoms with Crippen LogP contribution in [0.5, 0.6) is 5.75 Å². The molecule has 21 heavy (non-hydrogen) atoms. The zero-order valence-corrected chi connectivity index (χ0v) is 12.6. The highest BCUT2D eigenvalue weighted by Gasteiger charge is 2.25. The van der Waals surface area contributed by atoms with Gasteiger partial charge in [0.15, 0.2) is 0 Å². The van der Waals surface area contributed by atoms with Crippen LogP contribution in [-0.4, -0.2) is 29.8 Å². The number of carbonyl (C=O) groups is 2. The van der Waals surface area contributed by atoms with E-state index in [4.69, 9.17) is 9.84 Å². The number of nitrogens with one attached hydrogen (secondary N) is 2. The van der Waals surface area contributed by atoms with Crippen molar-refractivity contribution in [2.75, 3.05) is 11.9 Å². The summed E-state index contributed by atoms with van der Waals surface area (Å²) in [5.41, 5.74) is 0.548. The summed E-state index contributed by atoms with van der Waals surface area (Å²) in [4.78, 5) is 23.1. The number of urea groups is 1. The molecule has 116 valence electrons. The average Bonchev–Trinajstić information content (AvgIpc) is 2.44. The fourth-order valence-electron chi connectivity index (χ4n) is 1.82. The molecule has 3 N–H and O–H groups in total. The van der Waals surface area contributed by atoms with Crippen LogP contribution in [0, 0.1) is 5.92 Å². The lowest BCUT2D eigenvalue weighted by Gasteiger charge is -2.20. The van der Waals surface area contributed by atoms with Crippen LogP contribution >= 0.6 is 0 Å². The maximum absolute atomic E-state index is 11.9. The molecule has 2 amide bonds. The van der Waals surface area contributed by atoms with Gasteiger partial charge in [0.1, 0.15) is 11.8 Å². The fraction of sp³-hybridized carbons (Fsp3) is 0.467. The quantitative estimate of drug-likeness (QED) is 0.721. The summed E-state index contributed by atoms with van der Waals surface area (Å²) in [6.07, 6.45) is 0.664. The normalized spacial score (nSPS) is 13.1. The largest absolute Gasteiger partial charge is 0.494 e. The number of hydrogen-bond donors (Lipinski definition) is 3. The monoisotopic (exact) mass is 294 g/mol. The Hall–Kier alpha value is -2.24. The van der Waals surface area contributed by atoms with Gasteiger partial charge < -0.3 is 20.5 Å². The summed E-state index contributed by atoms with van der Waals surface area (Å²) in [5.74, 6) is -0.544. The minimum absolute atomic E-state index is 0.150. The number of anilines is 1. The van der Waals surface area contributed by atoms with E-state index in [1.54, 1.807) is 31.2 Å². The van der Waals surface area contributed by atoms with E-state index >= 15 is 0 Å². The highest BCUT2D eigenvalue weighted by atomic mass is 16.5. The average molecular weight is 294 g/mol. The van der Waals surface area contributed by atoms with E-state index in [0.717, 1.165) is 0 Å². The lowest BCUT2D eigenvalue weighted by molar-refractivity contribution is -0.140. The molecule has 1 aromatic rings. The van der Waals surface area contributed by atoms with Crippen LogP contribution in [0.15, 0.2) is 24.3 Å². The number of carbonyl (C=O) groups excluding carboxylic acids is 1. The van der Waals surface area contributed by atoms with Crippen molar-refractivity contribution >= 4 is 17.7 Å². The maximum Gasteiger partial charge on any atom is 0.326 e. The Kier molecular flexibility index (Phi) is 6.52. The zero-order valence-electron chi connectivity index (χ0n) is 12.6. The first kappa shape index (κ1) is 16.8. The molecular formula is C15H22N2O4. The molecule has 6 nitrogen and oxygen atoms in total. The van der Waals surface area contributed by atoms with Crippen LogP contribution in [0.3, 0.4) is 0 Å². The number of amides is 2. The molecule has 1 unspecified atom stereocenters. The van der Waals surface area contributed by atoms with Crippen LogP contribution in [0.2, 0.25) is 0 Å². The van der Waals surface area contributed by atoms with Crippen LogP contribution < -0.4 is 15.4 Å². The number of aliphatic carboxylic acids is 1. The molecule has 0 radical (unpaired) electrons. The summed E-state index contributed by atoms with van der Waals surface area (Å²) in [6.45, 7) is 6.07. The molecule has 1 rings (SSSR count). The summed E-state index contributed by atoms with van der Waals surface area (Å²) in [7, 11) is 0. The Bertz CT molecular complexity index is 490. The Balaban J connectivity index is 2.67. The molecule has 0 heterocycles. The van der Waals surface area contributed by atoms with Crippen molar-refractivity contribution in [3.05, 3.63) is 24.3 Å². The molecule has 0 aliphatic heterocycles. The second-order valence-electron chi connectivity index (χ2n) is 4.76. The molecule has 2 atom stereocenters. The van der Waals surface area contributed by atoms with Crippen molar-refractivity contribution in [2.24, 2.45) is 5.92 Å². The van der Waals surface area contributed by atoms with E-state index in [2.05, 4.69) is 10.6 Å². The van der Waals surface area contributed by atoms with E-state index in [0.29, 0.717) is 24.5 Å². The highest BCUT2D eigenvalue weighted by molar-refractivity contribution is 5.92. The SMILES string of the molecule is CCOc1cccc(NC(=O)N[C@H](C(=O)O)C(C)CC)c1. The van der Waals surface area contributed by atoms with Gasteiger partial charge in [0.05, 0.1) is 6.61 Å². The van der Waals surface area contributed by atoms with Crippen LogP contribution in [0.4, 0.5) is 10.5 Å². The third kappa shape index (κ3) is 5.33. The van der Waals surface area contributed by atoms with Gasteiger partial charge in [-0.2, -0.15) is 0 Å². The predicted molar refractivity (Wildman–Crippen MR) is 80.6 cm³/mol. The summed E-state index contributed by atoms with van der Waals surface area (Å²) in [6, 6.07) is 5.47.